The molecule has 0 bridgehead atoms. The summed E-state index contributed by atoms with van der Waals surface area (Å²) in [5.74, 6) is 1.14. The molecule has 0 aliphatic rings. The molecule has 4 aromatic rings. The van der Waals surface area contributed by atoms with Crippen molar-refractivity contribution in [3.63, 3.8) is 0 Å². The van der Waals surface area contributed by atoms with Crippen molar-refractivity contribution in [3.8, 4) is 34.2 Å². The zero-order valence-electron chi connectivity index (χ0n) is 17.7. The molecule has 0 aliphatic heterocycles. The Labute approximate surface area is 187 Å². The van der Waals surface area contributed by atoms with Crippen LogP contribution in [0.5, 0.6) is 0 Å². The van der Waals surface area contributed by atoms with E-state index in [-0.39, 0.29) is 5.82 Å². The Morgan fingerprint density at radius 1 is 0.750 bits per heavy atom. The minimum absolute atomic E-state index is 0.360. The summed E-state index contributed by atoms with van der Waals surface area (Å²) < 4.78 is 15.1. The first-order valence-corrected chi connectivity index (χ1v) is 10.3. The smallest absolute Gasteiger partial charge is 0.164 e. The van der Waals surface area contributed by atoms with Crippen LogP contribution in [0.3, 0.4) is 0 Å². The minimum Gasteiger partial charge on any atom is -0.208 e. The highest BCUT2D eigenvalue weighted by Crippen LogP contribution is 2.27. The van der Waals surface area contributed by atoms with Crippen LogP contribution in [0.2, 0.25) is 0 Å². The van der Waals surface area contributed by atoms with Crippen LogP contribution in [0.25, 0.3) is 39.7 Å². The third kappa shape index (κ3) is 4.60. The van der Waals surface area contributed by atoms with E-state index < -0.39 is 0 Å². The van der Waals surface area contributed by atoms with Crippen molar-refractivity contribution in [2.45, 2.75) is 6.92 Å². The van der Waals surface area contributed by atoms with Crippen molar-refractivity contribution in [2.24, 2.45) is 0 Å². The van der Waals surface area contributed by atoms with Crippen molar-refractivity contribution in [2.75, 3.05) is 0 Å². The van der Waals surface area contributed by atoms with Gasteiger partial charge >= 0.3 is 0 Å². The Balaban J connectivity index is 1.84. The van der Waals surface area contributed by atoms with E-state index in [1.54, 1.807) is 12.1 Å². The van der Waals surface area contributed by atoms with E-state index in [0.29, 0.717) is 34.2 Å². The first-order chi connectivity index (χ1) is 15.7. The van der Waals surface area contributed by atoms with Crippen molar-refractivity contribution < 1.29 is 4.39 Å². The quantitative estimate of drug-likeness (QED) is 0.311. The van der Waals surface area contributed by atoms with E-state index >= 15 is 4.39 Å². The second kappa shape index (κ2) is 9.75. The number of hydrogen-bond donors (Lipinski definition) is 0. The summed E-state index contributed by atoms with van der Waals surface area (Å²) in [6.07, 6.45) is 7.21. The second-order valence-corrected chi connectivity index (χ2v) is 7.08. The third-order valence-corrected chi connectivity index (χ3v) is 4.93. The Hall–Kier alpha value is -4.18. The number of nitrogens with zero attached hydrogens (tertiary/aromatic N) is 3. The second-order valence-electron chi connectivity index (χ2n) is 7.08. The molecule has 0 aliphatic carbocycles. The van der Waals surface area contributed by atoms with Gasteiger partial charge in [-0.2, -0.15) is 0 Å². The summed E-state index contributed by atoms with van der Waals surface area (Å²) in [5.41, 5.74) is 3.50. The monoisotopic (exact) mass is 419 g/mol. The molecule has 0 amide bonds. The van der Waals surface area contributed by atoms with Crippen LogP contribution >= 0.6 is 0 Å². The molecule has 0 N–H and O–H groups in total. The van der Waals surface area contributed by atoms with E-state index in [1.165, 1.54) is 6.07 Å². The van der Waals surface area contributed by atoms with Crippen LogP contribution < -0.4 is 0 Å². The molecule has 0 unspecified atom stereocenters. The van der Waals surface area contributed by atoms with Gasteiger partial charge in [0.15, 0.2) is 17.5 Å². The standard InChI is InChI=1S/C28H22FN3/c1-3-5-12-20(4-2)24-18-17-23(19-25(24)29)28-31-26(21-13-8-6-9-14-21)30-27(32-28)22-15-10-7-11-16-22/h3-19H,2H2,1H3/b5-3-,20-12+. The van der Waals surface area contributed by atoms with Gasteiger partial charge in [-0.05, 0) is 18.6 Å². The van der Waals surface area contributed by atoms with Crippen LogP contribution in [0.15, 0.2) is 110 Å². The van der Waals surface area contributed by atoms with Crippen LogP contribution in [-0.4, -0.2) is 15.0 Å². The summed E-state index contributed by atoms with van der Waals surface area (Å²) >= 11 is 0. The highest BCUT2D eigenvalue weighted by molar-refractivity contribution is 5.77. The van der Waals surface area contributed by atoms with E-state index in [0.717, 1.165) is 11.1 Å². The molecule has 0 saturated heterocycles. The van der Waals surface area contributed by atoms with Gasteiger partial charge in [0, 0.05) is 22.3 Å². The Kier molecular flexibility index (Phi) is 6.42. The van der Waals surface area contributed by atoms with Crippen molar-refractivity contribution in [1.29, 1.82) is 0 Å². The van der Waals surface area contributed by atoms with Gasteiger partial charge in [-0.1, -0.05) is 104 Å². The van der Waals surface area contributed by atoms with Gasteiger partial charge in [0.25, 0.3) is 0 Å². The van der Waals surface area contributed by atoms with Crippen molar-refractivity contribution >= 4 is 5.57 Å². The predicted molar refractivity (Wildman–Crippen MR) is 129 cm³/mol. The van der Waals surface area contributed by atoms with Gasteiger partial charge in [0.2, 0.25) is 0 Å². The highest BCUT2D eigenvalue weighted by Gasteiger charge is 2.14. The van der Waals surface area contributed by atoms with E-state index in [4.69, 9.17) is 0 Å². The maximum atomic E-state index is 15.1. The average molecular weight is 420 g/mol. The molecule has 0 spiro atoms. The molecule has 3 nitrogen and oxygen atoms in total. The molecule has 0 atom stereocenters. The lowest BCUT2D eigenvalue weighted by atomic mass is 10.0. The van der Waals surface area contributed by atoms with Crippen LogP contribution in [0, 0.1) is 5.82 Å². The fourth-order valence-corrected chi connectivity index (χ4v) is 3.29. The van der Waals surface area contributed by atoms with E-state index in [9.17, 15) is 0 Å². The Morgan fingerprint density at radius 3 is 1.75 bits per heavy atom. The van der Waals surface area contributed by atoms with Crippen LogP contribution in [-0.2, 0) is 0 Å². The summed E-state index contributed by atoms with van der Waals surface area (Å²) in [4.78, 5) is 14.0. The molecule has 3 aromatic carbocycles. The first-order valence-electron chi connectivity index (χ1n) is 10.3. The van der Waals surface area contributed by atoms with E-state index in [1.807, 2.05) is 91.9 Å². The summed E-state index contributed by atoms with van der Waals surface area (Å²) in [6, 6.07) is 24.4. The lowest BCUT2D eigenvalue weighted by Crippen LogP contribution is -2.00. The molecule has 0 saturated carbocycles. The Bertz CT molecular complexity index is 1240. The third-order valence-electron chi connectivity index (χ3n) is 4.93. The topological polar surface area (TPSA) is 38.7 Å². The van der Waals surface area contributed by atoms with E-state index in [2.05, 4.69) is 21.5 Å². The van der Waals surface area contributed by atoms with Crippen LogP contribution in [0.4, 0.5) is 4.39 Å². The fraction of sp³-hybridized carbons (Fsp3) is 0.0357. The SMILES string of the molecule is C=C/C(=C\C=C/C)c1ccc(-c2nc(-c3ccccc3)nc(-c3ccccc3)n2)cc1F. The molecular formula is C28H22FN3. The maximum Gasteiger partial charge on any atom is 0.164 e. The largest absolute Gasteiger partial charge is 0.208 e. The van der Waals surface area contributed by atoms with Crippen molar-refractivity contribution in [1.82, 2.24) is 15.0 Å². The lowest BCUT2D eigenvalue weighted by Gasteiger charge is -2.10. The highest BCUT2D eigenvalue weighted by atomic mass is 19.1. The van der Waals surface area contributed by atoms with Crippen LogP contribution in [0.1, 0.15) is 12.5 Å². The molecule has 0 radical (unpaired) electrons. The van der Waals surface area contributed by atoms with Gasteiger partial charge in [0.1, 0.15) is 5.82 Å². The normalized spacial score (nSPS) is 11.6. The molecule has 4 heteroatoms. The molecule has 1 heterocycles. The van der Waals surface area contributed by atoms with Gasteiger partial charge in [-0.15, -0.1) is 0 Å². The zero-order chi connectivity index (χ0) is 22.3. The Morgan fingerprint density at radius 2 is 1.28 bits per heavy atom. The summed E-state index contributed by atoms with van der Waals surface area (Å²) in [5, 5.41) is 0. The van der Waals surface area contributed by atoms with Gasteiger partial charge in [-0.25, -0.2) is 19.3 Å². The first kappa shape index (κ1) is 21.1. The van der Waals surface area contributed by atoms with Crippen molar-refractivity contribution in [3.05, 3.63) is 121 Å². The van der Waals surface area contributed by atoms with Gasteiger partial charge in [0.05, 0.1) is 0 Å². The molecule has 1 aromatic heterocycles. The summed E-state index contributed by atoms with van der Waals surface area (Å²) in [6.45, 7) is 5.71. The molecular weight excluding hydrogens is 397 g/mol. The number of aromatic nitrogens is 3. The molecule has 156 valence electrons. The van der Waals surface area contributed by atoms with Gasteiger partial charge in [-0.3, -0.25) is 0 Å². The fourth-order valence-electron chi connectivity index (χ4n) is 3.29. The number of halogens is 1. The number of hydrogen-bond acceptors (Lipinski definition) is 3. The molecule has 4 rings (SSSR count). The molecule has 0 fully saturated rings. The molecule has 32 heavy (non-hydrogen) atoms. The number of allylic oxidation sites excluding steroid dienone is 5. The predicted octanol–water partition coefficient (Wildman–Crippen LogP) is 7.16. The number of rotatable bonds is 6. The lowest BCUT2D eigenvalue weighted by molar-refractivity contribution is 0.624. The average Bonchev–Trinajstić information content (AvgIpc) is 2.86. The maximum absolute atomic E-state index is 15.1. The minimum atomic E-state index is -0.360. The summed E-state index contributed by atoms with van der Waals surface area (Å²) in [7, 11) is 0. The van der Waals surface area contributed by atoms with Gasteiger partial charge < -0.3 is 0 Å². The zero-order valence-corrected chi connectivity index (χ0v) is 17.7. The number of benzene rings is 3.